The van der Waals surface area contributed by atoms with Crippen LogP contribution in [0, 0.1) is 6.92 Å². The first-order chi connectivity index (χ1) is 10.1. The van der Waals surface area contributed by atoms with E-state index in [0.717, 1.165) is 19.4 Å². The number of aromatic nitrogens is 1. The number of halogens is 1. The maximum Gasteiger partial charge on any atom is 0.255 e. The Kier molecular flexibility index (Phi) is 3.93. The van der Waals surface area contributed by atoms with E-state index in [-0.39, 0.29) is 11.9 Å². The number of hydrogen-bond donors (Lipinski definition) is 0. The highest BCUT2D eigenvalue weighted by Gasteiger charge is 2.30. The van der Waals surface area contributed by atoms with Gasteiger partial charge in [-0.3, -0.25) is 4.79 Å². The van der Waals surface area contributed by atoms with E-state index in [1.54, 1.807) is 18.3 Å². The van der Waals surface area contributed by atoms with Gasteiger partial charge in [-0.05, 0) is 37.5 Å². The second-order valence-corrected chi connectivity index (χ2v) is 5.82. The number of nitrogens with zero attached hydrogens (tertiary/aromatic N) is 2. The second kappa shape index (κ2) is 5.86. The van der Waals surface area contributed by atoms with Crippen LogP contribution in [0.4, 0.5) is 0 Å². The van der Waals surface area contributed by atoms with E-state index in [1.807, 2.05) is 4.90 Å². The molecule has 0 aliphatic carbocycles. The molecule has 0 spiro atoms. The Morgan fingerprint density at radius 2 is 2.00 bits per heavy atom. The van der Waals surface area contributed by atoms with Crippen molar-refractivity contribution in [1.29, 1.82) is 0 Å². The monoisotopic (exact) mass is 300 g/mol. The highest BCUT2D eigenvalue weighted by atomic mass is 35.5. The van der Waals surface area contributed by atoms with E-state index in [9.17, 15) is 4.79 Å². The van der Waals surface area contributed by atoms with Crippen molar-refractivity contribution in [1.82, 2.24) is 9.88 Å². The Balaban J connectivity index is 1.85. The van der Waals surface area contributed by atoms with Crippen LogP contribution < -0.4 is 0 Å². The van der Waals surface area contributed by atoms with Crippen LogP contribution in [0.2, 0.25) is 5.15 Å². The lowest BCUT2D eigenvalue weighted by Gasteiger charge is -2.25. The number of carbonyl (C=O) groups excluding carboxylic acids is 1. The molecular weight excluding hydrogens is 284 g/mol. The lowest BCUT2D eigenvalue weighted by atomic mass is 10.0. The summed E-state index contributed by atoms with van der Waals surface area (Å²) in [5, 5.41) is 0.406. The van der Waals surface area contributed by atoms with Crippen molar-refractivity contribution in [3.05, 3.63) is 64.4 Å². The molecule has 21 heavy (non-hydrogen) atoms. The zero-order chi connectivity index (χ0) is 14.8. The van der Waals surface area contributed by atoms with Crippen molar-refractivity contribution in [2.24, 2.45) is 0 Å². The summed E-state index contributed by atoms with van der Waals surface area (Å²) >= 11 is 5.78. The van der Waals surface area contributed by atoms with Gasteiger partial charge in [0.15, 0.2) is 0 Å². The molecule has 0 bridgehead atoms. The number of hydrogen-bond acceptors (Lipinski definition) is 2. The molecule has 1 unspecified atom stereocenters. The fourth-order valence-electron chi connectivity index (χ4n) is 2.81. The van der Waals surface area contributed by atoms with Crippen molar-refractivity contribution in [3.63, 3.8) is 0 Å². The fourth-order valence-corrected chi connectivity index (χ4v) is 2.92. The molecule has 3 rings (SSSR count). The van der Waals surface area contributed by atoms with Crippen molar-refractivity contribution >= 4 is 17.5 Å². The van der Waals surface area contributed by atoms with Gasteiger partial charge in [0.1, 0.15) is 5.15 Å². The summed E-state index contributed by atoms with van der Waals surface area (Å²) in [6, 6.07) is 12.0. The van der Waals surface area contributed by atoms with Crippen LogP contribution in [0.1, 0.15) is 40.4 Å². The largest absolute Gasteiger partial charge is 0.332 e. The van der Waals surface area contributed by atoms with E-state index in [4.69, 9.17) is 11.6 Å². The minimum absolute atomic E-state index is 0.0299. The first-order valence-electron chi connectivity index (χ1n) is 7.14. The molecule has 2 heterocycles. The molecule has 108 valence electrons. The average Bonchev–Trinajstić information content (AvgIpc) is 2.97. The molecule has 1 fully saturated rings. The van der Waals surface area contributed by atoms with Gasteiger partial charge < -0.3 is 4.90 Å². The van der Waals surface area contributed by atoms with Gasteiger partial charge in [0.05, 0.1) is 11.6 Å². The Morgan fingerprint density at radius 1 is 1.24 bits per heavy atom. The topological polar surface area (TPSA) is 33.2 Å². The maximum absolute atomic E-state index is 12.7. The summed E-state index contributed by atoms with van der Waals surface area (Å²) in [6.45, 7) is 2.86. The van der Waals surface area contributed by atoms with Gasteiger partial charge in [-0.15, -0.1) is 0 Å². The van der Waals surface area contributed by atoms with E-state index in [2.05, 4.69) is 36.2 Å². The third kappa shape index (κ3) is 2.93. The molecule has 1 aliphatic heterocycles. The molecule has 1 amide bonds. The van der Waals surface area contributed by atoms with Gasteiger partial charge in [0.2, 0.25) is 0 Å². The number of aryl methyl sites for hydroxylation is 1. The highest BCUT2D eigenvalue weighted by molar-refractivity contribution is 6.29. The van der Waals surface area contributed by atoms with E-state index in [0.29, 0.717) is 10.7 Å². The SMILES string of the molecule is Cc1ccc(C2CCCN2C(=O)c2ccc(Cl)nc2)cc1. The summed E-state index contributed by atoms with van der Waals surface area (Å²) < 4.78 is 0. The summed E-state index contributed by atoms with van der Waals surface area (Å²) in [5.74, 6) is 0.0299. The number of likely N-dealkylation sites (tertiary alicyclic amines) is 1. The van der Waals surface area contributed by atoms with Gasteiger partial charge in [-0.1, -0.05) is 41.4 Å². The molecule has 0 N–H and O–H groups in total. The molecule has 2 aromatic rings. The van der Waals surface area contributed by atoms with Crippen molar-refractivity contribution in [2.75, 3.05) is 6.54 Å². The fraction of sp³-hybridized carbons (Fsp3) is 0.294. The van der Waals surface area contributed by atoms with Gasteiger partial charge in [0.25, 0.3) is 5.91 Å². The Hall–Kier alpha value is -1.87. The number of pyridine rings is 1. The second-order valence-electron chi connectivity index (χ2n) is 5.44. The summed E-state index contributed by atoms with van der Waals surface area (Å²) in [7, 11) is 0. The lowest BCUT2D eigenvalue weighted by Crippen LogP contribution is -2.30. The van der Waals surface area contributed by atoms with E-state index < -0.39 is 0 Å². The van der Waals surface area contributed by atoms with Crippen LogP contribution in [0.3, 0.4) is 0 Å². The molecule has 1 saturated heterocycles. The number of benzene rings is 1. The standard InChI is InChI=1S/C17H17ClN2O/c1-12-4-6-13(7-5-12)15-3-2-10-20(15)17(21)14-8-9-16(18)19-11-14/h4-9,11,15H,2-3,10H2,1H3. The van der Waals surface area contributed by atoms with Crippen molar-refractivity contribution < 1.29 is 4.79 Å². The minimum atomic E-state index is 0.0299. The van der Waals surface area contributed by atoms with Gasteiger partial charge in [-0.2, -0.15) is 0 Å². The van der Waals surface area contributed by atoms with Crippen LogP contribution in [0.5, 0.6) is 0 Å². The Morgan fingerprint density at radius 3 is 2.67 bits per heavy atom. The quantitative estimate of drug-likeness (QED) is 0.785. The number of rotatable bonds is 2. The van der Waals surface area contributed by atoms with E-state index in [1.165, 1.54) is 11.1 Å². The number of amides is 1. The zero-order valence-corrected chi connectivity index (χ0v) is 12.7. The molecule has 1 aliphatic rings. The van der Waals surface area contributed by atoms with Crippen LogP contribution >= 0.6 is 11.6 Å². The molecule has 1 aromatic heterocycles. The van der Waals surface area contributed by atoms with Crippen molar-refractivity contribution in [2.45, 2.75) is 25.8 Å². The molecule has 1 aromatic carbocycles. The molecule has 0 saturated carbocycles. The highest BCUT2D eigenvalue weighted by Crippen LogP contribution is 2.33. The lowest BCUT2D eigenvalue weighted by molar-refractivity contribution is 0.0735. The molecule has 3 nitrogen and oxygen atoms in total. The molecular formula is C17H17ClN2O. The van der Waals surface area contributed by atoms with Gasteiger partial charge in [-0.25, -0.2) is 4.98 Å². The van der Waals surface area contributed by atoms with E-state index >= 15 is 0 Å². The Bertz CT molecular complexity index is 637. The zero-order valence-electron chi connectivity index (χ0n) is 11.9. The van der Waals surface area contributed by atoms with Crippen LogP contribution in [0.15, 0.2) is 42.6 Å². The third-order valence-electron chi connectivity index (χ3n) is 3.95. The normalized spacial score (nSPS) is 18.0. The summed E-state index contributed by atoms with van der Waals surface area (Å²) in [5.41, 5.74) is 3.03. The average molecular weight is 301 g/mol. The Labute approximate surface area is 129 Å². The molecule has 4 heteroatoms. The first-order valence-corrected chi connectivity index (χ1v) is 7.52. The minimum Gasteiger partial charge on any atom is -0.332 e. The van der Waals surface area contributed by atoms with Gasteiger partial charge in [0, 0.05) is 12.7 Å². The van der Waals surface area contributed by atoms with Crippen molar-refractivity contribution in [3.8, 4) is 0 Å². The molecule has 1 atom stereocenters. The molecule has 0 radical (unpaired) electrons. The van der Waals surface area contributed by atoms with Crippen LogP contribution in [0.25, 0.3) is 0 Å². The smallest absolute Gasteiger partial charge is 0.255 e. The first kappa shape index (κ1) is 14.1. The predicted molar refractivity (Wildman–Crippen MR) is 83.4 cm³/mol. The predicted octanol–water partition coefficient (Wildman–Crippen LogP) is 4.02. The van der Waals surface area contributed by atoms with Crippen LogP contribution in [-0.2, 0) is 0 Å². The summed E-state index contributed by atoms with van der Waals surface area (Å²) in [6.07, 6.45) is 3.59. The van der Waals surface area contributed by atoms with Crippen LogP contribution in [-0.4, -0.2) is 22.3 Å². The third-order valence-corrected chi connectivity index (χ3v) is 4.17. The van der Waals surface area contributed by atoms with Gasteiger partial charge >= 0.3 is 0 Å². The summed E-state index contributed by atoms with van der Waals surface area (Å²) in [4.78, 5) is 18.6. The maximum atomic E-state index is 12.7. The number of carbonyl (C=O) groups is 1.